The number of methoxy groups -OCH3 is 4. The first kappa shape index (κ1) is 25.9. The maximum atomic E-state index is 13.3. The van der Waals surface area contributed by atoms with Crippen molar-refractivity contribution in [2.75, 3.05) is 55.6 Å². The summed E-state index contributed by atoms with van der Waals surface area (Å²) in [6.45, 7) is 1.04. The van der Waals surface area contributed by atoms with E-state index in [-0.39, 0.29) is 11.3 Å². The molecular weight excluding hydrogens is 452 g/mol. The maximum absolute atomic E-state index is 13.3. The van der Waals surface area contributed by atoms with Crippen LogP contribution < -0.4 is 18.9 Å². The second-order valence-corrected chi connectivity index (χ2v) is 8.34. The van der Waals surface area contributed by atoms with Gasteiger partial charge in [-0.3, -0.25) is 9.59 Å². The summed E-state index contributed by atoms with van der Waals surface area (Å²) in [7, 11) is 9.87. The summed E-state index contributed by atoms with van der Waals surface area (Å²) in [6, 6.07) is 9.23. The van der Waals surface area contributed by atoms with E-state index in [0.29, 0.717) is 47.1 Å². The Morgan fingerprint density at radius 3 is 2.17 bits per heavy atom. The molecule has 0 saturated carbocycles. The third kappa shape index (κ3) is 5.19. The Labute approximate surface area is 205 Å². The van der Waals surface area contributed by atoms with E-state index < -0.39 is 17.7 Å². The summed E-state index contributed by atoms with van der Waals surface area (Å²) >= 11 is 0. The van der Waals surface area contributed by atoms with E-state index >= 15 is 0 Å². The van der Waals surface area contributed by atoms with E-state index in [1.807, 2.05) is 19.0 Å². The van der Waals surface area contributed by atoms with Crippen molar-refractivity contribution in [3.05, 3.63) is 53.1 Å². The zero-order valence-electron chi connectivity index (χ0n) is 21.0. The molecule has 1 atom stereocenters. The zero-order chi connectivity index (χ0) is 25.7. The highest BCUT2D eigenvalue weighted by Gasteiger charge is 2.46. The summed E-state index contributed by atoms with van der Waals surface area (Å²) in [5.74, 6) is -0.0593. The van der Waals surface area contributed by atoms with Crippen LogP contribution in [0, 0.1) is 0 Å². The number of nitrogens with zero attached hydrogens (tertiary/aromatic N) is 2. The number of aliphatic hydroxyl groups excluding tert-OH is 1. The second kappa shape index (κ2) is 11.1. The van der Waals surface area contributed by atoms with Crippen LogP contribution in [0.4, 0.5) is 0 Å². The number of Topliss-reactive ketones (excluding diaryl/α,β-unsaturated/α-hetero) is 1. The smallest absolute Gasteiger partial charge is 0.295 e. The average Bonchev–Trinajstić information content (AvgIpc) is 3.12. The van der Waals surface area contributed by atoms with Gasteiger partial charge in [-0.25, -0.2) is 0 Å². The summed E-state index contributed by atoms with van der Waals surface area (Å²) in [4.78, 5) is 29.9. The van der Waals surface area contributed by atoms with Gasteiger partial charge in [-0.2, -0.15) is 0 Å². The van der Waals surface area contributed by atoms with Crippen LogP contribution in [-0.4, -0.2) is 82.2 Å². The van der Waals surface area contributed by atoms with Gasteiger partial charge in [-0.15, -0.1) is 0 Å². The Bertz CT molecular complexity index is 1100. The van der Waals surface area contributed by atoms with Crippen molar-refractivity contribution in [1.82, 2.24) is 9.80 Å². The van der Waals surface area contributed by atoms with Crippen LogP contribution in [0.1, 0.15) is 23.6 Å². The molecule has 9 heteroatoms. The van der Waals surface area contributed by atoms with Crippen molar-refractivity contribution >= 4 is 17.4 Å². The number of benzene rings is 2. The first-order valence-electron chi connectivity index (χ1n) is 11.1. The molecule has 0 aliphatic carbocycles. The molecule has 2 aromatic rings. The van der Waals surface area contributed by atoms with E-state index in [0.717, 1.165) is 6.54 Å². The van der Waals surface area contributed by atoms with E-state index in [4.69, 9.17) is 18.9 Å². The lowest BCUT2D eigenvalue weighted by atomic mass is 9.94. The van der Waals surface area contributed by atoms with Crippen LogP contribution in [0.15, 0.2) is 42.0 Å². The fraction of sp³-hybridized carbons (Fsp3) is 0.385. The van der Waals surface area contributed by atoms with Crippen molar-refractivity contribution < 1.29 is 33.6 Å². The molecule has 188 valence electrons. The van der Waals surface area contributed by atoms with Gasteiger partial charge >= 0.3 is 0 Å². The van der Waals surface area contributed by atoms with Crippen molar-refractivity contribution in [2.45, 2.75) is 12.5 Å². The fourth-order valence-electron chi connectivity index (χ4n) is 4.20. The Kier molecular flexibility index (Phi) is 8.24. The summed E-state index contributed by atoms with van der Waals surface area (Å²) < 4.78 is 21.7. The minimum Gasteiger partial charge on any atom is -0.507 e. The highest BCUT2D eigenvalue weighted by molar-refractivity contribution is 6.46. The molecule has 1 fully saturated rings. The van der Waals surface area contributed by atoms with Gasteiger partial charge in [-0.05, 0) is 56.9 Å². The molecule has 1 saturated heterocycles. The highest BCUT2D eigenvalue weighted by atomic mass is 16.5. The normalized spacial score (nSPS) is 17.1. The Hall–Kier alpha value is -3.72. The van der Waals surface area contributed by atoms with E-state index in [9.17, 15) is 14.7 Å². The molecule has 9 nitrogen and oxygen atoms in total. The predicted octanol–water partition coefficient (Wildman–Crippen LogP) is 3.09. The van der Waals surface area contributed by atoms with Crippen LogP contribution in [0.3, 0.4) is 0 Å². The van der Waals surface area contributed by atoms with Gasteiger partial charge in [0.25, 0.3) is 11.7 Å². The molecule has 1 heterocycles. The third-order valence-electron chi connectivity index (χ3n) is 5.89. The number of carbonyl (C=O) groups excluding carboxylic acids is 2. The summed E-state index contributed by atoms with van der Waals surface area (Å²) in [6.07, 6.45) is 0.639. The van der Waals surface area contributed by atoms with Gasteiger partial charge < -0.3 is 33.9 Å². The van der Waals surface area contributed by atoms with Crippen LogP contribution in [0.25, 0.3) is 5.76 Å². The van der Waals surface area contributed by atoms with Crippen molar-refractivity contribution in [3.8, 4) is 23.0 Å². The van der Waals surface area contributed by atoms with Gasteiger partial charge in [0.1, 0.15) is 11.5 Å². The maximum Gasteiger partial charge on any atom is 0.295 e. The molecule has 3 rings (SSSR count). The van der Waals surface area contributed by atoms with Crippen LogP contribution in [0.2, 0.25) is 0 Å². The van der Waals surface area contributed by atoms with Crippen molar-refractivity contribution in [1.29, 1.82) is 0 Å². The highest BCUT2D eigenvalue weighted by Crippen LogP contribution is 2.45. The van der Waals surface area contributed by atoms with Gasteiger partial charge in [0.2, 0.25) is 5.75 Å². The van der Waals surface area contributed by atoms with Crippen LogP contribution in [-0.2, 0) is 9.59 Å². The first-order chi connectivity index (χ1) is 16.8. The summed E-state index contributed by atoms with van der Waals surface area (Å²) in [5.41, 5.74) is 0.906. The Balaban J connectivity index is 2.22. The van der Waals surface area contributed by atoms with E-state index in [2.05, 4.69) is 0 Å². The molecule has 1 amide bonds. The topological polar surface area (TPSA) is 97.8 Å². The third-order valence-corrected chi connectivity index (χ3v) is 5.89. The Morgan fingerprint density at radius 2 is 1.63 bits per heavy atom. The number of likely N-dealkylation sites (tertiary alicyclic amines) is 1. The van der Waals surface area contributed by atoms with Gasteiger partial charge in [0, 0.05) is 12.1 Å². The number of ether oxygens (including phenoxy) is 4. The number of rotatable bonds is 10. The molecule has 0 bridgehead atoms. The molecule has 1 unspecified atom stereocenters. The minimum atomic E-state index is -0.850. The van der Waals surface area contributed by atoms with E-state index in [1.165, 1.54) is 33.3 Å². The lowest BCUT2D eigenvalue weighted by Gasteiger charge is -2.27. The quantitative estimate of drug-likeness (QED) is 0.312. The number of hydrogen-bond donors (Lipinski definition) is 1. The number of ketones is 1. The second-order valence-electron chi connectivity index (χ2n) is 8.34. The SMILES string of the molecule is COc1cccc(/C(O)=C2\C(=O)C(=O)N(CCCN(C)C)C2c2cc(OC)c(OC)c(OC)c2)c1. The standard InChI is InChI=1S/C26H32N2O7/c1-27(2)11-8-12-28-22(17-14-19(33-4)25(35-6)20(15-17)34-5)21(24(30)26(28)31)23(29)16-9-7-10-18(13-16)32-3/h7,9-10,13-15,22,29H,8,11-12H2,1-6H3/b23-21+. The Morgan fingerprint density at radius 1 is 0.971 bits per heavy atom. The minimum absolute atomic E-state index is 0.0117. The number of hydrogen-bond acceptors (Lipinski definition) is 8. The van der Waals surface area contributed by atoms with Gasteiger partial charge in [0.05, 0.1) is 40.1 Å². The number of carbonyl (C=O) groups is 2. The molecule has 2 aromatic carbocycles. The summed E-state index contributed by atoms with van der Waals surface area (Å²) in [5, 5.41) is 11.3. The predicted molar refractivity (Wildman–Crippen MR) is 131 cm³/mol. The molecule has 1 N–H and O–H groups in total. The number of amides is 1. The molecule has 0 radical (unpaired) electrons. The molecular formula is C26H32N2O7. The average molecular weight is 485 g/mol. The molecule has 0 spiro atoms. The zero-order valence-corrected chi connectivity index (χ0v) is 21.0. The van der Waals surface area contributed by atoms with Crippen molar-refractivity contribution in [3.63, 3.8) is 0 Å². The largest absolute Gasteiger partial charge is 0.507 e. The molecule has 0 aromatic heterocycles. The lowest BCUT2D eigenvalue weighted by molar-refractivity contribution is -0.139. The number of aliphatic hydroxyl groups is 1. The van der Waals surface area contributed by atoms with Gasteiger partial charge in [0.15, 0.2) is 11.5 Å². The first-order valence-corrected chi connectivity index (χ1v) is 11.1. The molecule has 35 heavy (non-hydrogen) atoms. The van der Waals surface area contributed by atoms with Crippen LogP contribution in [0.5, 0.6) is 23.0 Å². The van der Waals surface area contributed by atoms with Crippen LogP contribution >= 0.6 is 0 Å². The van der Waals surface area contributed by atoms with E-state index in [1.54, 1.807) is 36.4 Å². The van der Waals surface area contributed by atoms with Crippen molar-refractivity contribution in [2.24, 2.45) is 0 Å². The molecule has 1 aliphatic heterocycles. The fourth-order valence-corrected chi connectivity index (χ4v) is 4.20. The monoisotopic (exact) mass is 484 g/mol. The molecule has 1 aliphatic rings. The van der Waals surface area contributed by atoms with Gasteiger partial charge in [-0.1, -0.05) is 12.1 Å². The lowest BCUT2D eigenvalue weighted by Crippen LogP contribution is -2.32.